The van der Waals surface area contributed by atoms with Crippen molar-refractivity contribution in [2.75, 3.05) is 5.32 Å². The van der Waals surface area contributed by atoms with Crippen LogP contribution in [0.1, 0.15) is 12.0 Å². The molecule has 0 saturated heterocycles. The number of hydrogen-bond acceptors (Lipinski definition) is 3. The number of carbonyl (C=O) groups is 1. The van der Waals surface area contributed by atoms with Crippen LogP contribution in [0.2, 0.25) is 0 Å². The third-order valence-corrected chi connectivity index (χ3v) is 5.06. The Hall–Kier alpha value is -2.98. The molecule has 0 aliphatic heterocycles. The average Bonchev–Trinajstić information content (AvgIpc) is 3.15. The molecule has 1 aromatic heterocycles. The zero-order chi connectivity index (χ0) is 17.8. The number of fused-ring (bicyclic) bond motifs is 1. The van der Waals surface area contributed by atoms with Crippen LogP contribution in [0.15, 0.2) is 78.2 Å². The van der Waals surface area contributed by atoms with Gasteiger partial charge in [-0.15, -0.1) is 11.3 Å². The molecule has 1 heterocycles. The molecule has 4 heteroatoms. The van der Waals surface area contributed by atoms with Crippen molar-refractivity contribution in [2.24, 2.45) is 0 Å². The summed E-state index contributed by atoms with van der Waals surface area (Å²) in [6.07, 6.45) is 1.18. The number of nitrogens with zero attached hydrogens (tertiary/aromatic N) is 1. The van der Waals surface area contributed by atoms with Crippen LogP contribution in [-0.2, 0) is 11.2 Å². The Morgan fingerprint density at radius 3 is 2.58 bits per heavy atom. The summed E-state index contributed by atoms with van der Waals surface area (Å²) in [5.41, 5.74) is 3.15. The predicted octanol–water partition coefficient (Wildman–Crippen LogP) is 5.53. The fourth-order valence-corrected chi connectivity index (χ4v) is 3.71. The van der Waals surface area contributed by atoms with Crippen LogP contribution >= 0.6 is 11.3 Å². The van der Waals surface area contributed by atoms with Crippen molar-refractivity contribution in [1.82, 2.24) is 4.98 Å². The number of anilines is 1. The molecule has 4 aromatic rings. The van der Waals surface area contributed by atoms with Gasteiger partial charge in [-0.05, 0) is 22.8 Å². The second-order valence-corrected chi connectivity index (χ2v) is 6.96. The lowest BCUT2D eigenvalue weighted by atomic mass is 10.0. The Morgan fingerprint density at radius 2 is 1.69 bits per heavy atom. The lowest BCUT2D eigenvalue weighted by molar-refractivity contribution is -0.116. The summed E-state index contributed by atoms with van der Waals surface area (Å²) in [5, 5.41) is 7.91. The summed E-state index contributed by atoms with van der Waals surface area (Å²) in [4.78, 5) is 16.8. The van der Waals surface area contributed by atoms with Crippen molar-refractivity contribution in [3.63, 3.8) is 0 Å². The first-order valence-electron chi connectivity index (χ1n) is 8.57. The lowest BCUT2D eigenvalue weighted by Crippen LogP contribution is -2.12. The number of nitrogens with one attached hydrogen (secondary N) is 1. The third kappa shape index (κ3) is 3.65. The van der Waals surface area contributed by atoms with Crippen LogP contribution < -0.4 is 5.32 Å². The van der Waals surface area contributed by atoms with Gasteiger partial charge in [0.15, 0.2) is 5.13 Å². The lowest BCUT2D eigenvalue weighted by Gasteiger charge is -2.04. The molecule has 0 bridgehead atoms. The van der Waals surface area contributed by atoms with E-state index in [0.717, 1.165) is 17.7 Å². The summed E-state index contributed by atoms with van der Waals surface area (Å²) in [7, 11) is 0. The van der Waals surface area contributed by atoms with Gasteiger partial charge in [-0.1, -0.05) is 72.8 Å². The molecule has 3 nitrogen and oxygen atoms in total. The summed E-state index contributed by atoms with van der Waals surface area (Å²) >= 11 is 1.46. The summed E-state index contributed by atoms with van der Waals surface area (Å²) in [6, 6.07) is 24.5. The maximum Gasteiger partial charge on any atom is 0.226 e. The van der Waals surface area contributed by atoms with Gasteiger partial charge < -0.3 is 5.32 Å². The van der Waals surface area contributed by atoms with Gasteiger partial charge in [-0.25, -0.2) is 4.98 Å². The molecule has 3 aromatic carbocycles. The number of amides is 1. The summed E-state index contributed by atoms with van der Waals surface area (Å²) in [5.74, 6) is -0.00678. The van der Waals surface area contributed by atoms with Crippen LogP contribution in [0, 0.1) is 0 Å². The van der Waals surface area contributed by atoms with E-state index in [0.29, 0.717) is 11.6 Å². The number of rotatable bonds is 5. The molecule has 26 heavy (non-hydrogen) atoms. The standard InChI is InChI=1S/C22H18N2OS/c25-21(14-13-16-7-2-1-3-8-16)24-22-23-20(15-26-22)19-12-6-10-17-9-4-5-11-18(17)19/h1-12,15H,13-14H2,(H,23,24,25). The van der Waals surface area contributed by atoms with Crippen LogP contribution in [0.3, 0.4) is 0 Å². The second-order valence-electron chi connectivity index (χ2n) is 6.10. The van der Waals surface area contributed by atoms with Crippen molar-refractivity contribution in [1.29, 1.82) is 0 Å². The first-order chi connectivity index (χ1) is 12.8. The van der Waals surface area contributed by atoms with Gasteiger partial charge in [0.05, 0.1) is 5.69 Å². The Morgan fingerprint density at radius 1 is 0.923 bits per heavy atom. The number of carbonyl (C=O) groups excluding carboxylic acids is 1. The van der Waals surface area contributed by atoms with Crippen LogP contribution in [0.4, 0.5) is 5.13 Å². The van der Waals surface area contributed by atoms with Crippen molar-refractivity contribution in [3.8, 4) is 11.3 Å². The minimum atomic E-state index is -0.00678. The Labute approximate surface area is 156 Å². The minimum absolute atomic E-state index is 0.00678. The van der Waals surface area contributed by atoms with Crippen molar-refractivity contribution in [2.45, 2.75) is 12.8 Å². The zero-order valence-electron chi connectivity index (χ0n) is 14.2. The van der Waals surface area contributed by atoms with Crippen LogP contribution in [-0.4, -0.2) is 10.9 Å². The number of aromatic nitrogens is 1. The molecule has 1 N–H and O–H groups in total. The molecule has 0 unspecified atom stereocenters. The van der Waals surface area contributed by atoms with E-state index in [1.165, 1.54) is 27.7 Å². The molecular weight excluding hydrogens is 340 g/mol. The summed E-state index contributed by atoms with van der Waals surface area (Å²) in [6.45, 7) is 0. The highest BCUT2D eigenvalue weighted by Crippen LogP contribution is 2.30. The van der Waals surface area contributed by atoms with Gasteiger partial charge in [0.2, 0.25) is 5.91 Å². The van der Waals surface area contributed by atoms with Gasteiger partial charge in [0.25, 0.3) is 0 Å². The van der Waals surface area contributed by atoms with E-state index >= 15 is 0 Å². The molecule has 0 aliphatic carbocycles. The van der Waals surface area contributed by atoms with E-state index in [2.05, 4.69) is 34.6 Å². The second kappa shape index (κ2) is 7.50. The molecular formula is C22H18N2OS. The van der Waals surface area contributed by atoms with E-state index in [1.54, 1.807) is 0 Å². The molecule has 4 rings (SSSR count). The fraction of sp³-hybridized carbons (Fsp3) is 0.0909. The van der Waals surface area contributed by atoms with Gasteiger partial charge in [0, 0.05) is 17.4 Å². The SMILES string of the molecule is O=C(CCc1ccccc1)Nc1nc(-c2cccc3ccccc23)cs1. The normalized spacial score (nSPS) is 10.8. The molecule has 1 amide bonds. The number of thiazole rings is 1. The van der Waals surface area contributed by atoms with Crippen LogP contribution in [0.5, 0.6) is 0 Å². The monoisotopic (exact) mass is 358 g/mol. The highest BCUT2D eigenvalue weighted by atomic mass is 32.1. The van der Waals surface area contributed by atoms with E-state index in [9.17, 15) is 4.79 Å². The van der Waals surface area contributed by atoms with E-state index in [4.69, 9.17) is 0 Å². The van der Waals surface area contributed by atoms with Crippen LogP contribution in [0.25, 0.3) is 22.0 Å². The van der Waals surface area contributed by atoms with Gasteiger partial charge in [0.1, 0.15) is 0 Å². The Bertz CT molecular complexity index is 1030. The van der Waals surface area contributed by atoms with Gasteiger partial charge in [-0.3, -0.25) is 4.79 Å². The average molecular weight is 358 g/mol. The van der Waals surface area contributed by atoms with E-state index in [1.807, 2.05) is 53.9 Å². The maximum absolute atomic E-state index is 12.2. The Balaban J connectivity index is 1.47. The van der Waals surface area contributed by atoms with Crippen molar-refractivity contribution < 1.29 is 4.79 Å². The smallest absolute Gasteiger partial charge is 0.226 e. The largest absolute Gasteiger partial charge is 0.302 e. The Kier molecular flexibility index (Phi) is 4.75. The first kappa shape index (κ1) is 16.5. The molecule has 0 aliphatic rings. The quantitative estimate of drug-likeness (QED) is 0.509. The topological polar surface area (TPSA) is 42.0 Å². The minimum Gasteiger partial charge on any atom is -0.302 e. The highest BCUT2D eigenvalue weighted by Gasteiger charge is 2.10. The third-order valence-electron chi connectivity index (χ3n) is 4.30. The van der Waals surface area contributed by atoms with E-state index < -0.39 is 0 Å². The molecule has 0 atom stereocenters. The molecule has 0 radical (unpaired) electrons. The molecule has 0 saturated carbocycles. The van der Waals surface area contributed by atoms with E-state index in [-0.39, 0.29) is 5.91 Å². The summed E-state index contributed by atoms with van der Waals surface area (Å²) < 4.78 is 0. The van der Waals surface area contributed by atoms with Gasteiger partial charge in [-0.2, -0.15) is 0 Å². The molecule has 0 spiro atoms. The van der Waals surface area contributed by atoms with Crippen molar-refractivity contribution >= 4 is 33.1 Å². The number of hydrogen-bond donors (Lipinski definition) is 1. The van der Waals surface area contributed by atoms with Crippen molar-refractivity contribution in [3.05, 3.63) is 83.7 Å². The first-order valence-corrected chi connectivity index (χ1v) is 9.45. The predicted molar refractivity (Wildman–Crippen MR) is 108 cm³/mol. The molecule has 128 valence electrons. The zero-order valence-corrected chi connectivity index (χ0v) is 15.0. The molecule has 0 fully saturated rings. The van der Waals surface area contributed by atoms with Gasteiger partial charge >= 0.3 is 0 Å². The number of aryl methyl sites for hydroxylation is 1. The number of benzene rings is 3. The fourth-order valence-electron chi connectivity index (χ4n) is 2.99. The maximum atomic E-state index is 12.2. The highest BCUT2D eigenvalue weighted by molar-refractivity contribution is 7.14.